The Morgan fingerprint density at radius 2 is 2.00 bits per heavy atom. The first-order valence-electron chi connectivity index (χ1n) is 8.57. The van der Waals surface area contributed by atoms with Crippen molar-refractivity contribution in [2.24, 2.45) is 0 Å². The van der Waals surface area contributed by atoms with Gasteiger partial charge in [0.1, 0.15) is 5.25 Å². The third-order valence-electron chi connectivity index (χ3n) is 3.97. The Morgan fingerprint density at radius 3 is 2.70 bits per heavy atom. The number of fused-ring (bicyclic) bond motifs is 1. The number of benzene rings is 2. The molecule has 1 aromatic heterocycles. The van der Waals surface area contributed by atoms with Gasteiger partial charge in [-0.3, -0.25) is 14.2 Å². The van der Waals surface area contributed by atoms with Crippen molar-refractivity contribution in [3.05, 3.63) is 68.0 Å². The minimum absolute atomic E-state index is 0.110. The number of nitrogens with zero attached hydrogens (tertiary/aromatic N) is 2. The Kier molecular flexibility index (Phi) is 6.54. The standard InChI is InChI=1S/C20H19IN2O3S/c1-3-26-19(25)13(2)27-20-22-17-10-9-15(21)11-16(17)18(24)23(20)12-14-7-5-4-6-8-14/h4-11,13H,3,12H2,1-2H3/t13-/m0/s1. The molecule has 0 amide bonds. The smallest absolute Gasteiger partial charge is 0.319 e. The third-order valence-corrected chi connectivity index (χ3v) is 5.70. The molecule has 0 aliphatic heterocycles. The molecule has 7 heteroatoms. The Balaban J connectivity index is 2.09. The van der Waals surface area contributed by atoms with E-state index < -0.39 is 5.25 Å². The summed E-state index contributed by atoms with van der Waals surface area (Å²) in [5.74, 6) is -0.314. The number of halogens is 1. The fraction of sp³-hybridized carbons (Fsp3) is 0.250. The van der Waals surface area contributed by atoms with Crippen molar-refractivity contribution in [1.82, 2.24) is 9.55 Å². The average Bonchev–Trinajstić information content (AvgIpc) is 2.66. The molecular formula is C20H19IN2O3S. The van der Waals surface area contributed by atoms with E-state index in [-0.39, 0.29) is 11.5 Å². The highest BCUT2D eigenvalue weighted by Crippen LogP contribution is 2.24. The third kappa shape index (κ3) is 4.70. The lowest BCUT2D eigenvalue weighted by atomic mass is 10.2. The van der Waals surface area contributed by atoms with Gasteiger partial charge in [-0.25, -0.2) is 4.98 Å². The molecule has 0 fully saturated rings. The predicted octanol–water partition coefficient (Wildman–Crippen LogP) is 4.09. The van der Waals surface area contributed by atoms with Gasteiger partial charge in [0.15, 0.2) is 5.16 Å². The van der Waals surface area contributed by atoms with E-state index in [1.54, 1.807) is 18.4 Å². The summed E-state index contributed by atoms with van der Waals surface area (Å²) in [6.07, 6.45) is 0. The van der Waals surface area contributed by atoms with Gasteiger partial charge in [0.05, 0.1) is 24.1 Å². The molecule has 0 aliphatic carbocycles. The number of thioether (sulfide) groups is 1. The van der Waals surface area contributed by atoms with Gasteiger partial charge in [-0.1, -0.05) is 42.1 Å². The van der Waals surface area contributed by atoms with Crippen molar-refractivity contribution in [3.8, 4) is 0 Å². The second-order valence-electron chi connectivity index (χ2n) is 5.94. The molecule has 2 aromatic carbocycles. The van der Waals surface area contributed by atoms with Crippen molar-refractivity contribution >= 4 is 51.2 Å². The zero-order valence-corrected chi connectivity index (χ0v) is 18.0. The van der Waals surface area contributed by atoms with Crippen molar-refractivity contribution in [2.75, 3.05) is 6.61 Å². The molecule has 1 atom stereocenters. The molecule has 27 heavy (non-hydrogen) atoms. The molecule has 3 aromatic rings. The molecular weight excluding hydrogens is 475 g/mol. The van der Waals surface area contributed by atoms with Crippen LogP contribution in [0.3, 0.4) is 0 Å². The number of esters is 1. The zero-order chi connectivity index (χ0) is 19.4. The van der Waals surface area contributed by atoms with Gasteiger partial charge in [0, 0.05) is 3.57 Å². The first kappa shape index (κ1) is 19.9. The maximum absolute atomic E-state index is 13.2. The van der Waals surface area contributed by atoms with E-state index in [1.165, 1.54) is 11.8 Å². The molecule has 0 N–H and O–H groups in total. The van der Waals surface area contributed by atoms with Crippen molar-refractivity contribution in [3.63, 3.8) is 0 Å². The maximum Gasteiger partial charge on any atom is 0.319 e. The zero-order valence-electron chi connectivity index (χ0n) is 15.0. The molecule has 0 unspecified atom stereocenters. The fourth-order valence-corrected chi connectivity index (χ4v) is 4.03. The van der Waals surface area contributed by atoms with Crippen molar-refractivity contribution in [1.29, 1.82) is 0 Å². The Morgan fingerprint density at radius 1 is 1.26 bits per heavy atom. The van der Waals surface area contributed by atoms with Gasteiger partial charge in [0.2, 0.25) is 0 Å². The first-order chi connectivity index (χ1) is 13.0. The molecule has 5 nitrogen and oxygen atoms in total. The molecule has 0 saturated carbocycles. The largest absolute Gasteiger partial charge is 0.465 e. The summed E-state index contributed by atoms with van der Waals surface area (Å²) in [6, 6.07) is 15.3. The topological polar surface area (TPSA) is 61.2 Å². The number of carbonyl (C=O) groups is 1. The monoisotopic (exact) mass is 494 g/mol. The Bertz CT molecular complexity index is 1020. The summed E-state index contributed by atoms with van der Waals surface area (Å²) in [5.41, 5.74) is 1.52. The van der Waals surface area contributed by atoms with Gasteiger partial charge in [0.25, 0.3) is 5.56 Å². The highest BCUT2D eigenvalue weighted by molar-refractivity contribution is 14.1. The summed E-state index contributed by atoms with van der Waals surface area (Å²) in [7, 11) is 0. The van der Waals surface area contributed by atoms with Gasteiger partial charge in [-0.05, 0) is 60.2 Å². The number of rotatable bonds is 6. The summed E-state index contributed by atoms with van der Waals surface area (Å²) in [6.45, 7) is 4.26. The van der Waals surface area contributed by atoms with Crippen LogP contribution in [-0.4, -0.2) is 27.4 Å². The van der Waals surface area contributed by atoms with Crippen LogP contribution in [0.5, 0.6) is 0 Å². The van der Waals surface area contributed by atoms with Crippen LogP contribution in [0.4, 0.5) is 0 Å². The quantitative estimate of drug-likeness (QED) is 0.224. The van der Waals surface area contributed by atoms with Crippen molar-refractivity contribution in [2.45, 2.75) is 30.8 Å². The van der Waals surface area contributed by atoms with Crippen LogP contribution in [0, 0.1) is 3.57 Å². The van der Waals surface area contributed by atoms with Crippen LogP contribution in [0.2, 0.25) is 0 Å². The Labute approximate surface area is 175 Å². The Hall–Kier alpha value is -1.87. The van der Waals surface area contributed by atoms with Crippen LogP contribution in [0.25, 0.3) is 10.9 Å². The second kappa shape index (κ2) is 8.88. The highest BCUT2D eigenvalue weighted by Gasteiger charge is 2.20. The van der Waals surface area contributed by atoms with E-state index in [1.807, 2.05) is 48.5 Å². The molecule has 140 valence electrons. The van der Waals surface area contributed by atoms with Gasteiger partial charge in [-0.2, -0.15) is 0 Å². The number of ether oxygens (including phenoxy) is 1. The minimum Gasteiger partial charge on any atom is -0.465 e. The van der Waals surface area contributed by atoms with Crippen LogP contribution in [0.1, 0.15) is 19.4 Å². The van der Waals surface area contributed by atoms with Crippen LogP contribution in [0.15, 0.2) is 58.5 Å². The van der Waals surface area contributed by atoms with E-state index in [0.717, 1.165) is 9.13 Å². The lowest BCUT2D eigenvalue weighted by molar-refractivity contribution is -0.142. The van der Waals surface area contributed by atoms with Gasteiger partial charge >= 0.3 is 5.97 Å². The number of carbonyl (C=O) groups excluding carboxylic acids is 1. The van der Waals surface area contributed by atoms with Crippen LogP contribution < -0.4 is 5.56 Å². The average molecular weight is 494 g/mol. The summed E-state index contributed by atoms with van der Waals surface area (Å²) in [4.78, 5) is 29.9. The summed E-state index contributed by atoms with van der Waals surface area (Å²) < 4.78 is 7.70. The van der Waals surface area contributed by atoms with Gasteiger partial charge < -0.3 is 4.74 Å². The molecule has 0 saturated heterocycles. The van der Waals surface area contributed by atoms with Crippen molar-refractivity contribution < 1.29 is 9.53 Å². The lowest BCUT2D eigenvalue weighted by Crippen LogP contribution is -2.26. The summed E-state index contributed by atoms with van der Waals surface area (Å²) in [5, 5.41) is 0.629. The summed E-state index contributed by atoms with van der Waals surface area (Å²) >= 11 is 3.43. The molecule has 0 spiro atoms. The second-order valence-corrected chi connectivity index (χ2v) is 8.50. The minimum atomic E-state index is -0.458. The van der Waals surface area contributed by atoms with E-state index in [9.17, 15) is 9.59 Å². The van der Waals surface area contributed by atoms with E-state index >= 15 is 0 Å². The first-order valence-corrected chi connectivity index (χ1v) is 10.5. The highest BCUT2D eigenvalue weighted by atomic mass is 127. The van der Waals surface area contributed by atoms with E-state index in [0.29, 0.717) is 29.2 Å². The molecule has 1 heterocycles. The maximum atomic E-state index is 13.2. The number of aromatic nitrogens is 2. The normalized spacial score (nSPS) is 12.1. The molecule has 0 aliphatic rings. The number of hydrogen-bond donors (Lipinski definition) is 0. The lowest BCUT2D eigenvalue weighted by Gasteiger charge is -2.16. The van der Waals surface area contributed by atoms with Crippen LogP contribution in [-0.2, 0) is 16.1 Å². The molecule has 0 bridgehead atoms. The predicted molar refractivity (Wildman–Crippen MR) is 116 cm³/mol. The van der Waals surface area contributed by atoms with E-state index in [2.05, 4.69) is 27.6 Å². The van der Waals surface area contributed by atoms with E-state index in [4.69, 9.17) is 4.74 Å². The molecule has 0 radical (unpaired) electrons. The van der Waals surface area contributed by atoms with Gasteiger partial charge in [-0.15, -0.1) is 0 Å². The number of hydrogen-bond acceptors (Lipinski definition) is 5. The fourth-order valence-electron chi connectivity index (χ4n) is 2.63. The SMILES string of the molecule is CCOC(=O)[C@H](C)Sc1nc2ccc(I)cc2c(=O)n1Cc1ccccc1. The molecule has 3 rings (SSSR count). The van der Waals surface area contributed by atoms with Crippen LogP contribution >= 0.6 is 34.4 Å².